The molecule has 0 unspecified atom stereocenters. The summed E-state index contributed by atoms with van der Waals surface area (Å²) in [6.45, 7) is 2.65. The first-order chi connectivity index (χ1) is 15.6. The van der Waals surface area contributed by atoms with Crippen LogP contribution in [0.3, 0.4) is 0 Å². The highest BCUT2D eigenvalue weighted by atomic mass is 32.1. The fourth-order valence-electron chi connectivity index (χ4n) is 3.39. The fourth-order valence-corrected chi connectivity index (χ4v) is 4.37. The second-order valence-corrected chi connectivity index (χ2v) is 8.06. The van der Waals surface area contributed by atoms with E-state index >= 15 is 0 Å². The summed E-state index contributed by atoms with van der Waals surface area (Å²) in [6.07, 6.45) is 3.81. The van der Waals surface area contributed by atoms with E-state index in [1.165, 1.54) is 0 Å². The molecule has 4 rings (SSSR count). The van der Waals surface area contributed by atoms with Crippen LogP contribution in [-0.2, 0) is 11.3 Å². The molecule has 0 aliphatic heterocycles. The van der Waals surface area contributed by atoms with E-state index in [9.17, 15) is 4.79 Å². The average Bonchev–Trinajstić information content (AvgIpc) is 3.44. The van der Waals surface area contributed by atoms with Crippen molar-refractivity contribution in [2.75, 3.05) is 19.5 Å². The standard InChI is InChI=1S/C24H24N4O3S/c1-4-28-22(11-12-25-28)27-23(29)15-17(24-26-18-7-5-6-8-21(18)32-24)13-16-9-10-19(30-2)20(14-16)31-3/h5-14H,4,15H2,1-3H3,(H,27,29)/b17-13-. The van der Waals surface area contributed by atoms with Gasteiger partial charge in [-0.2, -0.15) is 5.10 Å². The molecule has 4 aromatic rings. The van der Waals surface area contributed by atoms with E-state index in [0.29, 0.717) is 23.9 Å². The Hall–Kier alpha value is -3.65. The summed E-state index contributed by atoms with van der Waals surface area (Å²) >= 11 is 1.57. The maximum Gasteiger partial charge on any atom is 0.230 e. The first kappa shape index (κ1) is 21.6. The number of rotatable bonds is 8. The molecule has 0 saturated heterocycles. The van der Waals surface area contributed by atoms with Crippen LogP contribution in [0.4, 0.5) is 5.82 Å². The van der Waals surface area contributed by atoms with Crippen LogP contribution < -0.4 is 14.8 Å². The number of nitrogens with zero attached hydrogens (tertiary/aromatic N) is 3. The Bertz CT molecular complexity index is 1240. The number of ether oxygens (including phenoxy) is 2. The molecule has 0 radical (unpaired) electrons. The van der Waals surface area contributed by atoms with Crippen LogP contribution in [0.5, 0.6) is 11.5 Å². The summed E-state index contributed by atoms with van der Waals surface area (Å²) in [7, 11) is 3.20. The van der Waals surface area contributed by atoms with Gasteiger partial charge in [-0.1, -0.05) is 18.2 Å². The summed E-state index contributed by atoms with van der Waals surface area (Å²) in [5, 5.41) is 7.97. The molecule has 0 atom stereocenters. The molecule has 164 valence electrons. The maximum atomic E-state index is 12.9. The van der Waals surface area contributed by atoms with Crippen LogP contribution in [0.25, 0.3) is 21.9 Å². The van der Waals surface area contributed by atoms with Crippen LogP contribution in [0.15, 0.2) is 54.7 Å². The van der Waals surface area contributed by atoms with Crippen LogP contribution in [0, 0.1) is 0 Å². The number of anilines is 1. The van der Waals surface area contributed by atoms with Crippen LogP contribution in [-0.4, -0.2) is 34.9 Å². The molecule has 1 N–H and O–H groups in total. The zero-order valence-electron chi connectivity index (χ0n) is 18.2. The molecule has 7 nitrogen and oxygen atoms in total. The van der Waals surface area contributed by atoms with Gasteiger partial charge < -0.3 is 14.8 Å². The first-order valence-corrected chi connectivity index (χ1v) is 11.0. The van der Waals surface area contributed by atoms with Crippen molar-refractivity contribution in [1.29, 1.82) is 0 Å². The van der Waals surface area contributed by atoms with Gasteiger partial charge >= 0.3 is 0 Å². The van der Waals surface area contributed by atoms with Gasteiger partial charge in [-0.15, -0.1) is 11.3 Å². The molecule has 0 aliphatic carbocycles. The Morgan fingerprint density at radius 2 is 1.94 bits per heavy atom. The van der Waals surface area contributed by atoms with E-state index in [1.807, 2.05) is 55.5 Å². The Kier molecular flexibility index (Phi) is 6.51. The Morgan fingerprint density at radius 3 is 2.69 bits per heavy atom. The van der Waals surface area contributed by atoms with Gasteiger partial charge in [0, 0.05) is 12.6 Å². The number of thiazole rings is 1. The molecule has 0 bridgehead atoms. The van der Waals surface area contributed by atoms with Gasteiger partial charge in [0.15, 0.2) is 11.5 Å². The number of amides is 1. The number of aromatic nitrogens is 3. The molecule has 0 fully saturated rings. The molecule has 0 aliphatic rings. The van der Waals surface area contributed by atoms with Crippen molar-refractivity contribution >= 4 is 44.9 Å². The summed E-state index contributed by atoms with van der Waals surface area (Å²) in [5.41, 5.74) is 2.62. The SMILES string of the molecule is CCn1nccc1NC(=O)C/C(=C/c1ccc(OC)c(OC)c1)c1nc2ccccc2s1. The molecule has 0 saturated carbocycles. The van der Waals surface area contributed by atoms with Crippen LogP contribution in [0.2, 0.25) is 0 Å². The van der Waals surface area contributed by atoms with Gasteiger partial charge in [-0.25, -0.2) is 9.67 Å². The van der Waals surface area contributed by atoms with Gasteiger partial charge in [0.05, 0.1) is 37.1 Å². The predicted octanol–water partition coefficient (Wildman–Crippen LogP) is 5.10. The quantitative estimate of drug-likeness (QED) is 0.406. The normalized spacial score (nSPS) is 11.5. The monoisotopic (exact) mass is 448 g/mol. The van der Waals surface area contributed by atoms with Crippen molar-refractivity contribution < 1.29 is 14.3 Å². The van der Waals surface area contributed by atoms with Gasteiger partial charge in [-0.05, 0) is 48.4 Å². The zero-order chi connectivity index (χ0) is 22.5. The van der Waals surface area contributed by atoms with E-state index in [4.69, 9.17) is 14.5 Å². The number of hydrogen-bond donors (Lipinski definition) is 1. The lowest BCUT2D eigenvalue weighted by molar-refractivity contribution is -0.115. The van der Waals surface area contributed by atoms with Crippen molar-refractivity contribution in [2.24, 2.45) is 0 Å². The van der Waals surface area contributed by atoms with Gasteiger partial charge in [0.2, 0.25) is 5.91 Å². The largest absolute Gasteiger partial charge is 0.493 e. The number of carbonyl (C=O) groups excluding carboxylic acids is 1. The Labute approximate surface area is 190 Å². The first-order valence-electron chi connectivity index (χ1n) is 10.2. The predicted molar refractivity (Wildman–Crippen MR) is 128 cm³/mol. The minimum absolute atomic E-state index is 0.133. The van der Waals surface area contributed by atoms with Crippen LogP contribution >= 0.6 is 11.3 Å². The van der Waals surface area contributed by atoms with Crippen LogP contribution in [0.1, 0.15) is 23.9 Å². The van der Waals surface area contributed by atoms with Crippen molar-refractivity contribution in [1.82, 2.24) is 14.8 Å². The van der Waals surface area contributed by atoms with E-state index in [-0.39, 0.29) is 12.3 Å². The number of para-hydroxylation sites is 1. The van der Waals surface area contributed by atoms with Crippen molar-refractivity contribution in [2.45, 2.75) is 19.9 Å². The highest BCUT2D eigenvalue weighted by Crippen LogP contribution is 2.33. The topological polar surface area (TPSA) is 78.3 Å². The molecule has 8 heteroatoms. The fraction of sp³-hybridized carbons (Fsp3) is 0.208. The lowest BCUT2D eigenvalue weighted by Crippen LogP contribution is -2.15. The average molecular weight is 449 g/mol. The summed E-state index contributed by atoms with van der Waals surface area (Å²) in [5.74, 6) is 1.82. The molecule has 1 amide bonds. The van der Waals surface area contributed by atoms with E-state index in [2.05, 4.69) is 10.4 Å². The van der Waals surface area contributed by atoms with Crippen molar-refractivity contribution in [3.63, 3.8) is 0 Å². The third kappa shape index (κ3) is 4.65. The molecule has 32 heavy (non-hydrogen) atoms. The number of aryl methyl sites for hydroxylation is 1. The van der Waals surface area contributed by atoms with E-state index < -0.39 is 0 Å². The maximum absolute atomic E-state index is 12.9. The van der Waals surface area contributed by atoms with Gasteiger partial charge in [0.25, 0.3) is 0 Å². The smallest absolute Gasteiger partial charge is 0.230 e. The molecule has 2 heterocycles. The molecule has 0 spiro atoms. The summed E-state index contributed by atoms with van der Waals surface area (Å²) in [6, 6.07) is 15.4. The van der Waals surface area contributed by atoms with Gasteiger partial charge in [-0.3, -0.25) is 4.79 Å². The minimum atomic E-state index is -0.133. The third-order valence-electron chi connectivity index (χ3n) is 4.95. The molecular formula is C24H24N4O3S. The zero-order valence-corrected chi connectivity index (χ0v) is 19.0. The second-order valence-electron chi connectivity index (χ2n) is 7.03. The van der Waals surface area contributed by atoms with Crippen molar-refractivity contribution in [3.8, 4) is 11.5 Å². The highest BCUT2D eigenvalue weighted by Gasteiger charge is 2.15. The summed E-state index contributed by atoms with van der Waals surface area (Å²) < 4.78 is 13.6. The number of benzene rings is 2. The Morgan fingerprint density at radius 1 is 1.12 bits per heavy atom. The number of methoxy groups -OCH3 is 2. The Balaban J connectivity index is 1.69. The molecule has 2 aromatic carbocycles. The van der Waals surface area contributed by atoms with E-state index in [0.717, 1.165) is 26.4 Å². The minimum Gasteiger partial charge on any atom is -0.493 e. The lowest BCUT2D eigenvalue weighted by Gasteiger charge is -2.10. The number of hydrogen-bond acceptors (Lipinski definition) is 6. The molecule has 2 aromatic heterocycles. The number of fused-ring (bicyclic) bond motifs is 1. The number of nitrogens with one attached hydrogen (secondary N) is 1. The van der Waals surface area contributed by atoms with E-state index in [1.54, 1.807) is 42.5 Å². The van der Waals surface area contributed by atoms with Gasteiger partial charge in [0.1, 0.15) is 10.8 Å². The second kappa shape index (κ2) is 9.65. The molecular weight excluding hydrogens is 424 g/mol. The lowest BCUT2D eigenvalue weighted by atomic mass is 10.1. The highest BCUT2D eigenvalue weighted by molar-refractivity contribution is 7.19. The number of carbonyl (C=O) groups is 1. The third-order valence-corrected chi connectivity index (χ3v) is 6.06. The van der Waals surface area contributed by atoms with Crippen molar-refractivity contribution in [3.05, 3.63) is 65.3 Å². The summed E-state index contributed by atoms with van der Waals surface area (Å²) in [4.78, 5) is 17.7.